The van der Waals surface area contributed by atoms with E-state index < -0.39 is 13.0 Å². The lowest BCUT2D eigenvalue weighted by atomic mass is 9.97. The molecule has 2 aliphatic heterocycles. The van der Waals surface area contributed by atoms with E-state index in [4.69, 9.17) is 9.47 Å². The van der Waals surface area contributed by atoms with Crippen LogP contribution < -0.4 is 47.3 Å². The van der Waals surface area contributed by atoms with Gasteiger partial charge in [-0.1, -0.05) is 115 Å². The largest absolute Gasteiger partial charge is 1.00 e. The Kier molecular flexibility index (Phi) is 8.44. The zero-order valence-corrected chi connectivity index (χ0v) is 28.1. The lowest BCUT2D eigenvalue weighted by Gasteiger charge is -2.32. The van der Waals surface area contributed by atoms with Gasteiger partial charge in [0.2, 0.25) is 0 Å². The van der Waals surface area contributed by atoms with Crippen LogP contribution in [0.25, 0.3) is 0 Å². The van der Waals surface area contributed by atoms with Gasteiger partial charge in [-0.05, 0) is 48.5 Å². The van der Waals surface area contributed by atoms with Gasteiger partial charge in [-0.25, -0.2) is 0 Å². The molecule has 232 valence electrons. The van der Waals surface area contributed by atoms with Crippen molar-refractivity contribution in [3.05, 3.63) is 181 Å². The topological polar surface area (TPSA) is 38.8 Å². The van der Waals surface area contributed by atoms with Gasteiger partial charge in [-0.15, -0.1) is 0 Å². The second-order valence-electron chi connectivity index (χ2n) is 11.7. The highest BCUT2D eigenvalue weighted by Crippen LogP contribution is 2.62. The van der Waals surface area contributed by atoms with Crippen molar-refractivity contribution >= 4 is 34.8 Å². The highest BCUT2D eigenvalue weighted by atomic mass is 79.9. The van der Waals surface area contributed by atoms with Crippen molar-refractivity contribution in [2.75, 3.05) is 11.4 Å². The highest BCUT2D eigenvalue weighted by Gasteiger charge is 2.59. The Morgan fingerprint density at radius 3 is 1.45 bits per heavy atom. The number of carbonyl (C=O) groups is 1. The van der Waals surface area contributed by atoms with Gasteiger partial charge in [0, 0.05) is 35.8 Å². The maximum Gasteiger partial charge on any atom is 0.305 e. The fourth-order valence-corrected chi connectivity index (χ4v) is 12.0. The summed E-state index contributed by atoms with van der Waals surface area (Å²) in [5.41, 5.74) is 2.41. The summed E-state index contributed by atoms with van der Waals surface area (Å²) in [6.07, 6.45) is 0.748. The zero-order chi connectivity index (χ0) is 31.0. The van der Waals surface area contributed by atoms with Crippen LogP contribution in [-0.2, 0) is 10.6 Å². The van der Waals surface area contributed by atoms with Crippen LogP contribution in [0.5, 0.6) is 11.5 Å². The van der Waals surface area contributed by atoms with Gasteiger partial charge >= 0.3 is 5.79 Å². The van der Waals surface area contributed by atoms with Gasteiger partial charge in [0.1, 0.15) is 23.2 Å². The number of nitrogens with zero attached hydrogens (tertiary/aromatic N) is 1. The van der Waals surface area contributed by atoms with E-state index in [9.17, 15) is 4.79 Å². The predicted molar refractivity (Wildman–Crippen MR) is 187 cm³/mol. The summed E-state index contributed by atoms with van der Waals surface area (Å²) in [5, 5.41) is 3.65. The molecule has 1 saturated heterocycles. The average molecular weight is 699 g/mol. The monoisotopic (exact) mass is 697 g/mol. The van der Waals surface area contributed by atoms with Gasteiger partial charge in [-0.2, -0.15) is 0 Å². The van der Waals surface area contributed by atoms with E-state index in [0.717, 1.165) is 23.2 Å². The standard InChI is InChI=1S/C41H33NO3P.BrH/c43-40-39(46(34-20-10-3-11-21-34,35-22-12-4-13-23-35)36-24-14-5-15-25-36)28-29-42(40)33-26-27-37-38(30-33)45-41(44-37,31-16-6-1-7-17-31)32-18-8-2-9-19-32;/h1-27,30,39H,28-29H2;1H/q+1;/p-1. The normalized spacial score (nSPS) is 16.5. The molecule has 2 aliphatic rings. The number of hydrogen-bond donors (Lipinski definition) is 0. The third kappa shape index (κ3) is 5.15. The van der Waals surface area contributed by atoms with Gasteiger partial charge in [-0.3, -0.25) is 4.79 Å². The lowest BCUT2D eigenvalue weighted by molar-refractivity contribution is -0.116. The van der Waals surface area contributed by atoms with Crippen LogP contribution in [-0.4, -0.2) is 18.1 Å². The number of fused-ring (bicyclic) bond motifs is 1. The molecule has 1 amide bonds. The summed E-state index contributed by atoms with van der Waals surface area (Å²) in [6, 6.07) is 57.9. The molecule has 47 heavy (non-hydrogen) atoms. The minimum Gasteiger partial charge on any atom is -1.00 e. The molecule has 0 radical (unpaired) electrons. The van der Waals surface area contributed by atoms with E-state index in [0.29, 0.717) is 18.0 Å². The highest BCUT2D eigenvalue weighted by molar-refractivity contribution is 7.97. The summed E-state index contributed by atoms with van der Waals surface area (Å²) in [6.45, 7) is 0.625. The molecule has 6 heteroatoms. The first-order valence-electron chi connectivity index (χ1n) is 15.7. The van der Waals surface area contributed by atoms with E-state index in [1.807, 2.05) is 83.8 Å². The zero-order valence-electron chi connectivity index (χ0n) is 25.7. The molecule has 8 rings (SSSR count). The SMILES string of the molecule is O=C1C([P+](c2ccccc2)(c2ccccc2)c2ccccc2)CCN1c1ccc2c(c1)OC(c1ccccc1)(c1ccccc1)O2.[Br-]. The van der Waals surface area contributed by atoms with Crippen molar-refractivity contribution in [1.29, 1.82) is 0 Å². The molecule has 0 bridgehead atoms. The van der Waals surface area contributed by atoms with Crippen LogP contribution in [0.1, 0.15) is 17.5 Å². The Bertz CT molecular complexity index is 1840. The van der Waals surface area contributed by atoms with Crippen LogP contribution in [0.2, 0.25) is 0 Å². The Labute approximate surface area is 286 Å². The first-order valence-corrected chi connectivity index (χ1v) is 17.6. The minimum absolute atomic E-state index is 0. The molecule has 6 aromatic carbocycles. The molecule has 1 atom stereocenters. The lowest BCUT2D eigenvalue weighted by Crippen LogP contribution is -3.00. The first kappa shape index (κ1) is 30.9. The summed E-state index contributed by atoms with van der Waals surface area (Å²) in [7, 11) is -2.38. The van der Waals surface area contributed by atoms with Crippen molar-refractivity contribution in [1.82, 2.24) is 0 Å². The molecule has 4 nitrogen and oxygen atoms in total. The molecule has 0 aliphatic carbocycles. The molecule has 1 unspecified atom stereocenters. The number of rotatable bonds is 7. The van der Waals surface area contributed by atoms with Crippen molar-refractivity contribution in [2.45, 2.75) is 17.9 Å². The van der Waals surface area contributed by atoms with E-state index in [1.54, 1.807) is 0 Å². The van der Waals surface area contributed by atoms with Gasteiger partial charge in [0.05, 0.1) is 0 Å². The van der Waals surface area contributed by atoms with E-state index in [-0.39, 0.29) is 28.5 Å². The van der Waals surface area contributed by atoms with Crippen LogP contribution in [0.3, 0.4) is 0 Å². The second-order valence-corrected chi connectivity index (χ2v) is 15.3. The number of ether oxygens (including phenoxy) is 2. The van der Waals surface area contributed by atoms with E-state index in [2.05, 4.69) is 91.0 Å². The summed E-state index contributed by atoms with van der Waals surface area (Å²) < 4.78 is 13.4. The smallest absolute Gasteiger partial charge is 0.305 e. The van der Waals surface area contributed by atoms with Gasteiger partial charge in [0.15, 0.2) is 17.2 Å². The van der Waals surface area contributed by atoms with Crippen molar-refractivity contribution in [3.63, 3.8) is 0 Å². The molecule has 6 aromatic rings. The Hall–Kier alpha value is -4.70. The first-order chi connectivity index (χ1) is 22.7. The summed E-state index contributed by atoms with van der Waals surface area (Å²) in [4.78, 5) is 16.8. The molecular formula is C41H33BrNO3P. The number of carbonyl (C=O) groups excluding carboxylic acids is 1. The third-order valence-corrected chi connectivity index (χ3v) is 13.9. The summed E-state index contributed by atoms with van der Waals surface area (Å²) in [5.74, 6) is 0.299. The molecular weight excluding hydrogens is 665 g/mol. The van der Waals surface area contributed by atoms with Gasteiger partial charge < -0.3 is 31.4 Å². The minimum atomic E-state index is -2.38. The van der Waals surface area contributed by atoms with Crippen LogP contribution >= 0.6 is 7.26 Å². The number of halogens is 1. The number of hydrogen-bond acceptors (Lipinski definition) is 3. The maximum atomic E-state index is 14.8. The Balaban J connectivity index is 0.00000351. The summed E-state index contributed by atoms with van der Waals surface area (Å²) >= 11 is 0. The van der Waals surface area contributed by atoms with Crippen LogP contribution in [0, 0.1) is 0 Å². The van der Waals surface area contributed by atoms with Crippen LogP contribution in [0.4, 0.5) is 5.69 Å². The van der Waals surface area contributed by atoms with Crippen molar-refractivity contribution in [2.24, 2.45) is 0 Å². The van der Waals surface area contributed by atoms with Crippen molar-refractivity contribution in [3.8, 4) is 11.5 Å². The average Bonchev–Trinajstić information content (AvgIpc) is 3.72. The quantitative estimate of drug-likeness (QED) is 0.232. The second kappa shape index (κ2) is 12.8. The van der Waals surface area contributed by atoms with E-state index >= 15 is 0 Å². The fourth-order valence-electron chi connectivity index (χ4n) is 7.13. The molecule has 1 fully saturated rings. The number of anilines is 1. The Morgan fingerprint density at radius 2 is 0.979 bits per heavy atom. The number of amides is 1. The van der Waals surface area contributed by atoms with Crippen LogP contribution in [0.15, 0.2) is 170 Å². The predicted octanol–water partition coefficient (Wildman–Crippen LogP) is 4.46. The molecule has 0 aromatic heterocycles. The molecule has 0 N–H and O–H groups in total. The van der Waals surface area contributed by atoms with Gasteiger partial charge in [0.25, 0.3) is 5.91 Å². The number of benzene rings is 6. The maximum absolute atomic E-state index is 14.8. The molecule has 2 heterocycles. The van der Waals surface area contributed by atoms with Crippen molar-refractivity contribution < 1.29 is 31.2 Å². The molecule has 0 spiro atoms. The Morgan fingerprint density at radius 1 is 0.553 bits per heavy atom. The molecule has 0 saturated carbocycles. The van der Waals surface area contributed by atoms with E-state index in [1.165, 1.54) is 15.9 Å². The third-order valence-electron chi connectivity index (χ3n) is 9.19. The fraction of sp³-hybridized carbons (Fsp3) is 0.0976.